The van der Waals surface area contributed by atoms with Crippen LogP contribution < -0.4 is 11.1 Å². The predicted octanol–water partition coefficient (Wildman–Crippen LogP) is 3.89. The number of anilines is 2. The third-order valence-corrected chi connectivity index (χ3v) is 4.16. The number of hydrogen-bond acceptors (Lipinski definition) is 3. The Kier molecular flexibility index (Phi) is 5.32. The van der Waals surface area contributed by atoms with Crippen molar-refractivity contribution in [2.45, 2.75) is 39.3 Å². The van der Waals surface area contributed by atoms with Crippen LogP contribution in [0.5, 0.6) is 0 Å². The van der Waals surface area contributed by atoms with E-state index in [4.69, 9.17) is 17.3 Å². The predicted molar refractivity (Wildman–Crippen MR) is 88.3 cm³/mol. The number of allylic oxidation sites excluding steroid dienone is 1. The molecule has 3 N–H and O–H groups in total. The van der Waals surface area contributed by atoms with Crippen molar-refractivity contribution in [1.29, 1.82) is 0 Å². The van der Waals surface area contributed by atoms with Crippen LogP contribution in [0.4, 0.5) is 11.4 Å². The molecular weight excluding hydrogens is 270 g/mol. The molecule has 1 aliphatic heterocycles. The van der Waals surface area contributed by atoms with Crippen LogP contribution in [0.1, 0.15) is 32.3 Å². The number of fused-ring (bicyclic) bond motifs is 1. The summed E-state index contributed by atoms with van der Waals surface area (Å²) in [5, 5.41) is 4.23. The number of nitrogen functional groups attached to an aromatic ring is 1. The minimum Gasteiger partial charge on any atom is -0.397 e. The molecule has 1 atom stereocenters. The van der Waals surface area contributed by atoms with Crippen molar-refractivity contribution in [1.82, 2.24) is 4.90 Å². The first-order chi connectivity index (χ1) is 9.63. The lowest BCUT2D eigenvalue weighted by atomic mass is 10.1. The molecule has 4 heteroatoms. The highest BCUT2D eigenvalue weighted by Gasteiger charge is 2.22. The van der Waals surface area contributed by atoms with Crippen LogP contribution in [0.3, 0.4) is 0 Å². The number of halogens is 1. The number of nitrogens with two attached hydrogens (primary N) is 1. The van der Waals surface area contributed by atoms with Crippen molar-refractivity contribution < 1.29 is 0 Å². The SMILES string of the molecule is CCCC=CCN1Cc2c(Cl)ccc(N)c2NC[C@@H]1C. The Hall–Kier alpha value is -1.19. The molecule has 1 heterocycles. The van der Waals surface area contributed by atoms with Gasteiger partial charge in [0.15, 0.2) is 0 Å². The van der Waals surface area contributed by atoms with Gasteiger partial charge in [0.1, 0.15) is 0 Å². The Bertz CT molecular complexity index is 485. The summed E-state index contributed by atoms with van der Waals surface area (Å²) in [4.78, 5) is 2.43. The molecule has 1 aliphatic rings. The standard InChI is InChI=1S/C16H24ClN3/c1-3-4-5-6-9-20-11-13-14(17)7-8-15(18)16(13)19-10-12(20)2/h5-8,12,19H,3-4,9-11,18H2,1-2H3/t12-/m0/s1. The molecule has 20 heavy (non-hydrogen) atoms. The summed E-state index contributed by atoms with van der Waals surface area (Å²) in [6.07, 6.45) is 6.85. The highest BCUT2D eigenvalue weighted by atomic mass is 35.5. The first-order valence-corrected chi connectivity index (χ1v) is 7.71. The molecule has 0 aromatic heterocycles. The largest absolute Gasteiger partial charge is 0.397 e. The van der Waals surface area contributed by atoms with E-state index in [9.17, 15) is 0 Å². The molecule has 0 amide bonds. The van der Waals surface area contributed by atoms with Gasteiger partial charge in [-0.15, -0.1) is 0 Å². The van der Waals surface area contributed by atoms with Gasteiger partial charge >= 0.3 is 0 Å². The number of nitrogens with one attached hydrogen (secondary N) is 1. The van der Waals surface area contributed by atoms with Crippen LogP contribution >= 0.6 is 11.6 Å². The lowest BCUT2D eigenvalue weighted by molar-refractivity contribution is 0.236. The molecule has 0 radical (unpaired) electrons. The summed E-state index contributed by atoms with van der Waals surface area (Å²) < 4.78 is 0. The van der Waals surface area contributed by atoms with Gasteiger partial charge in [-0.05, 0) is 25.5 Å². The minimum atomic E-state index is 0.448. The molecule has 0 fully saturated rings. The number of hydrogen-bond donors (Lipinski definition) is 2. The fraction of sp³-hybridized carbons (Fsp3) is 0.500. The molecule has 0 aliphatic carbocycles. The first-order valence-electron chi connectivity index (χ1n) is 7.33. The van der Waals surface area contributed by atoms with Crippen LogP contribution in [-0.2, 0) is 6.54 Å². The van der Waals surface area contributed by atoms with Gasteiger partial charge in [0.2, 0.25) is 0 Å². The molecular formula is C16H24ClN3. The quantitative estimate of drug-likeness (QED) is 0.653. The second-order valence-electron chi connectivity index (χ2n) is 5.41. The Morgan fingerprint density at radius 2 is 2.25 bits per heavy atom. The Morgan fingerprint density at radius 1 is 1.45 bits per heavy atom. The van der Waals surface area contributed by atoms with Gasteiger partial charge in [0, 0.05) is 36.3 Å². The zero-order valence-corrected chi connectivity index (χ0v) is 13.1. The molecule has 1 aromatic rings. The highest BCUT2D eigenvalue weighted by molar-refractivity contribution is 6.32. The smallest absolute Gasteiger partial charge is 0.0635 e. The molecule has 3 nitrogen and oxygen atoms in total. The van der Waals surface area contributed by atoms with E-state index in [2.05, 4.69) is 36.2 Å². The van der Waals surface area contributed by atoms with Crippen molar-refractivity contribution in [3.8, 4) is 0 Å². The number of unbranched alkanes of at least 4 members (excludes halogenated alkanes) is 1. The second-order valence-corrected chi connectivity index (χ2v) is 5.82. The molecule has 1 aromatic carbocycles. The van der Waals surface area contributed by atoms with Crippen molar-refractivity contribution >= 4 is 23.0 Å². The van der Waals surface area contributed by atoms with E-state index in [0.717, 1.165) is 48.0 Å². The van der Waals surface area contributed by atoms with Gasteiger partial charge in [-0.1, -0.05) is 37.1 Å². The van der Waals surface area contributed by atoms with Gasteiger partial charge in [0.05, 0.1) is 11.4 Å². The number of rotatable bonds is 4. The summed E-state index contributed by atoms with van der Waals surface area (Å²) in [5.74, 6) is 0. The topological polar surface area (TPSA) is 41.3 Å². The fourth-order valence-corrected chi connectivity index (χ4v) is 2.70. The summed E-state index contributed by atoms with van der Waals surface area (Å²) >= 11 is 6.34. The molecule has 0 bridgehead atoms. The number of benzene rings is 1. The van der Waals surface area contributed by atoms with Crippen molar-refractivity contribution in [2.75, 3.05) is 24.1 Å². The Morgan fingerprint density at radius 3 is 3.00 bits per heavy atom. The maximum absolute atomic E-state index is 6.34. The van der Waals surface area contributed by atoms with Gasteiger partial charge in [-0.3, -0.25) is 4.90 Å². The maximum atomic E-state index is 6.34. The van der Waals surface area contributed by atoms with E-state index in [1.165, 1.54) is 6.42 Å². The van der Waals surface area contributed by atoms with Gasteiger partial charge in [-0.25, -0.2) is 0 Å². The Labute approximate surface area is 126 Å². The van der Waals surface area contributed by atoms with Crippen LogP contribution in [-0.4, -0.2) is 24.0 Å². The van der Waals surface area contributed by atoms with Crippen molar-refractivity contribution in [3.05, 3.63) is 34.9 Å². The molecule has 110 valence electrons. The van der Waals surface area contributed by atoms with E-state index < -0.39 is 0 Å². The minimum absolute atomic E-state index is 0.448. The van der Waals surface area contributed by atoms with Crippen molar-refractivity contribution in [3.63, 3.8) is 0 Å². The molecule has 0 saturated heterocycles. The van der Waals surface area contributed by atoms with E-state index in [0.29, 0.717) is 6.04 Å². The van der Waals surface area contributed by atoms with Crippen molar-refractivity contribution in [2.24, 2.45) is 0 Å². The molecule has 0 unspecified atom stereocenters. The van der Waals surface area contributed by atoms with E-state index >= 15 is 0 Å². The van der Waals surface area contributed by atoms with Crippen LogP contribution in [0, 0.1) is 0 Å². The lowest BCUT2D eigenvalue weighted by Crippen LogP contribution is -2.35. The Balaban J connectivity index is 2.17. The fourth-order valence-electron chi connectivity index (χ4n) is 2.48. The number of nitrogens with zero attached hydrogens (tertiary/aromatic N) is 1. The first kappa shape index (κ1) is 15.2. The van der Waals surface area contributed by atoms with Gasteiger partial charge < -0.3 is 11.1 Å². The average Bonchev–Trinajstić information content (AvgIpc) is 2.60. The monoisotopic (exact) mass is 293 g/mol. The van der Waals surface area contributed by atoms with Crippen LogP contribution in [0.25, 0.3) is 0 Å². The lowest BCUT2D eigenvalue weighted by Gasteiger charge is -2.25. The van der Waals surface area contributed by atoms with Gasteiger partial charge in [0.25, 0.3) is 0 Å². The zero-order chi connectivity index (χ0) is 14.5. The van der Waals surface area contributed by atoms with Crippen LogP contribution in [0.15, 0.2) is 24.3 Å². The average molecular weight is 294 g/mol. The van der Waals surface area contributed by atoms with E-state index in [-0.39, 0.29) is 0 Å². The summed E-state index contributed by atoms with van der Waals surface area (Å²) in [6, 6.07) is 4.21. The molecule has 0 saturated carbocycles. The summed E-state index contributed by atoms with van der Waals surface area (Å²) in [5.41, 5.74) is 8.95. The normalized spacial score (nSPS) is 19.6. The van der Waals surface area contributed by atoms with E-state index in [1.807, 2.05) is 12.1 Å². The summed E-state index contributed by atoms with van der Waals surface area (Å²) in [7, 11) is 0. The second kappa shape index (κ2) is 7.00. The third-order valence-electron chi connectivity index (χ3n) is 3.81. The molecule has 2 rings (SSSR count). The van der Waals surface area contributed by atoms with Gasteiger partial charge in [-0.2, -0.15) is 0 Å². The third kappa shape index (κ3) is 3.47. The van der Waals surface area contributed by atoms with E-state index in [1.54, 1.807) is 0 Å². The molecule has 0 spiro atoms. The maximum Gasteiger partial charge on any atom is 0.0635 e. The highest BCUT2D eigenvalue weighted by Crippen LogP contribution is 2.33. The zero-order valence-electron chi connectivity index (χ0n) is 12.3. The summed E-state index contributed by atoms with van der Waals surface area (Å²) in [6.45, 7) is 7.11. The van der Waals surface area contributed by atoms with Crippen LogP contribution in [0.2, 0.25) is 5.02 Å².